The minimum Gasteiger partial charge on any atom is -0.314 e. The fraction of sp³-hybridized carbons (Fsp3) is 0.571. The third kappa shape index (κ3) is 6.36. The van der Waals surface area contributed by atoms with Crippen molar-refractivity contribution in [3.05, 3.63) is 33.4 Å². The normalized spacial score (nSPS) is 15.1. The van der Waals surface area contributed by atoms with Crippen molar-refractivity contribution >= 4 is 40.5 Å². The first-order valence-electron chi connectivity index (χ1n) is 7.49. The summed E-state index contributed by atoms with van der Waals surface area (Å²) in [5.74, 6) is 0. The van der Waals surface area contributed by atoms with Crippen molar-refractivity contribution in [1.82, 2.24) is 14.9 Å². The summed E-state index contributed by atoms with van der Waals surface area (Å²) in [5, 5.41) is 14.2. The number of sulfonamides is 1. The second-order valence-corrected chi connectivity index (χ2v) is 7.39. The van der Waals surface area contributed by atoms with Crippen molar-refractivity contribution in [3.8, 4) is 0 Å². The number of nitro groups is 1. The maximum absolute atomic E-state index is 12.4. The number of rotatable bonds is 6. The molecule has 1 saturated heterocycles. The molecule has 1 fully saturated rings. The second-order valence-electron chi connectivity index (χ2n) is 5.65. The number of nitrogens with zero attached hydrogens (tertiary/aromatic N) is 2. The number of nitrogens with one attached hydrogen (secondary N) is 2. The number of halogens is 2. The van der Waals surface area contributed by atoms with Crippen LogP contribution in [0.1, 0.15) is 11.1 Å². The summed E-state index contributed by atoms with van der Waals surface area (Å²) < 4.78 is 27.4. The Bertz CT molecular complexity index is 694. The van der Waals surface area contributed by atoms with Crippen molar-refractivity contribution in [3.63, 3.8) is 0 Å². The fourth-order valence-corrected chi connectivity index (χ4v) is 3.92. The van der Waals surface area contributed by atoms with Gasteiger partial charge in [0.2, 0.25) is 10.0 Å². The van der Waals surface area contributed by atoms with Gasteiger partial charge < -0.3 is 5.32 Å². The Morgan fingerprint density at radius 3 is 2.36 bits per heavy atom. The Hall–Kier alpha value is -0.970. The molecular weight excluding hydrogens is 391 g/mol. The molecule has 0 bridgehead atoms. The van der Waals surface area contributed by atoms with Crippen molar-refractivity contribution in [2.45, 2.75) is 18.7 Å². The van der Waals surface area contributed by atoms with Gasteiger partial charge in [0.25, 0.3) is 5.69 Å². The molecule has 144 valence electrons. The Balaban J connectivity index is 0.00000288. The molecule has 1 aliphatic rings. The van der Waals surface area contributed by atoms with Crippen molar-refractivity contribution < 1.29 is 13.3 Å². The molecule has 1 aromatic carbocycles. The molecule has 1 heterocycles. The summed E-state index contributed by atoms with van der Waals surface area (Å²) >= 11 is 0. The summed E-state index contributed by atoms with van der Waals surface area (Å²) in [5.41, 5.74) is 0.771. The highest BCUT2D eigenvalue weighted by atomic mass is 35.5. The Morgan fingerprint density at radius 2 is 1.80 bits per heavy atom. The number of benzene rings is 1. The van der Waals surface area contributed by atoms with Gasteiger partial charge in [0.05, 0.1) is 9.82 Å². The van der Waals surface area contributed by atoms with Gasteiger partial charge in [-0.1, -0.05) is 0 Å². The molecule has 0 aromatic heterocycles. The number of hydrogen-bond acceptors (Lipinski definition) is 6. The molecule has 0 atom stereocenters. The molecular formula is C14H24Cl2N4O4S. The van der Waals surface area contributed by atoms with Gasteiger partial charge >= 0.3 is 0 Å². The lowest BCUT2D eigenvalue weighted by molar-refractivity contribution is -0.385. The standard InChI is InChI=1S/C14H22N4O4S.2ClH/c1-11-9-12(2)14(10-13(11)18(19)20)23(21,22)16-5-8-17-6-3-15-4-7-17;;/h9-10,15-16H,3-8H2,1-2H3;2*1H. The highest BCUT2D eigenvalue weighted by Gasteiger charge is 2.22. The van der Waals surface area contributed by atoms with Gasteiger partial charge in [-0.3, -0.25) is 15.0 Å². The topological polar surface area (TPSA) is 105 Å². The summed E-state index contributed by atoms with van der Waals surface area (Å²) in [6, 6.07) is 2.67. The van der Waals surface area contributed by atoms with Gasteiger partial charge in [0, 0.05) is 50.9 Å². The molecule has 0 amide bonds. The predicted molar refractivity (Wildman–Crippen MR) is 102 cm³/mol. The van der Waals surface area contributed by atoms with E-state index in [0.717, 1.165) is 32.2 Å². The zero-order valence-electron chi connectivity index (χ0n) is 14.1. The van der Waals surface area contributed by atoms with E-state index in [9.17, 15) is 18.5 Å². The zero-order valence-corrected chi connectivity index (χ0v) is 16.6. The lowest BCUT2D eigenvalue weighted by Gasteiger charge is -2.27. The summed E-state index contributed by atoms with van der Waals surface area (Å²) in [6.45, 7) is 7.71. The van der Waals surface area contributed by atoms with Crippen LogP contribution in [0.4, 0.5) is 5.69 Å². The van der Waals surface area contributed by atoms with Gasteiger partial charge in [-0.15, -0.1) is 24.8 Å². The molecule has 2 N–H and O–H groups in total. The van der Waals surface area contributed by atoms with Crippen LogP contribution in [0.15, 0.2) is 17.0 Å². The maximum atomic E-state index is 12.4. The zero-order chi connectivity index (χ0) is 17.0. The highest BCUT2D eigenvalue weighted by molar-refractivity contribution is 7.89. The Labute approximate surface area is 160 Å². The monoisotopic (exact) mass is 414 g/mol. The SMILES string of the molecule is Cc1cc(C)c(S(=O)(=O)NCCN2CCNCC2)cc1[N+](=O)[O-].Cl.Cl. The van der Waals surface area contributed by atoms with E-state index in [2.05, 4.69) is 14.9 Å². The first kappa shape index (κ1) is 24.0. The molecule has 11 heteroatoms. The van der Waals surface area contributed by atoms with Gasteiger partial charge in [-0.25, -0.2) is 13.1 Å². The molecule has 0 saturated carbocycles. The number of aryl methyl sites for hydroxylation is 2. The molecule has 25 heavy (non-hydrogen) atoms. The molecule has 8 nitrogen and oxygen atoms in total. The fourth-order valence-electron chi connectivity index (χ4n) is 2.66. The summed E-state index contributed by atoms with van der Waals surface area (Å²) in [6.07, 6.45) is 0. The van der Waals surface area contributed by atoms with Crippen LogP contribution in [0, 0.1) is 24.0 Å². The van der Waals surface area contributed by atoms with Crippen molar-refractivity contribution in [1.29, 1.82) is 0 Å². The average molecular weight is 415 g/mol. The molecule has 0 unspecified atom stereocenters. The quantitative estimate of drug-likeness (QED) is 0.535. The Morgan fingerprint density at radius 1 is 1.20 bits per heavy atom. The summed E-state index contributed by atoms with van der Waals surface area (Å²) in [4.78, 5) is 12.6. The van der Waals surface area contributed by atoms with Crippen LogP contribution in [0.2, 0.25) is 0 Å². The lowest BCUT2D eigenvalue weighted by atomic mass is 10.1. The first-order chi connectivity index (χ1) is 10.8. The first-order valence-corrected chi connectivity index (χ1v) is 8.98. The van der Waals surface area contributed by atoms with Crippen molar-refractivity contribution in [2.24, 2.45) is 0 Å². The molecule has 0 radical (unpaired) electrons. The molecule has 2 rings (SSSR count). The third-order valence-electron chi connectivity index (χ3n) is 3.91. The smallest absolute Gasteiger partial charge is 0.273 e. The average Bonchev–Trinajstić information content (AvgIpc) is 2.47. The van der Waals surface area contributed by atoms with Gasteiger partial charge in [0.1, 0.15) is 0 Å². The van der Waals surface area contributed by atoms with Gasteiger partial charge in [0.15, 0.2) is 0 Å². The number of nitro benzene ring substituents is 1. The number of piperazine rings is 1. The van der Waals surface area contributed by atoms with E-state index in [1.807, 2.05) is 0 Å². The van der Waals surface area contributed by atoms with Crippen molar-refractivity contribution in [2.75, 3.05) is 39.3 Å². The van der Waals surface area contributed by atoms with Gasteiger partial charge in [-0.2, -0.15) is 0 Å². The molecule has 1 aliphatic heterocycles. The number of hydrogen-bond donors (Lipinski definition) is 2. The van der Waals surface area contributed by atoms with E-state index < -0.39 is 14.9 Å². The van der Waals surface area contributed by atoms with E-state index in [0.29, 0.717) is 17.7 Å². The molecule has 1 aromatic rings. The van der Waals surface area contributed by atoms with E-state index in [1.54, 1.807) is 13.8 Å². The van der Waals surface area contributed by atoms with Gasteiger partial charge in [-0.05, 0) is 25.5 Å². The van der Waals surface area contributed by atoms with E-state index in [-0.39, 0.29) is 41.9 Å². The van der Waals surface area contributed by atoms with E-state index >= 15 is 0 Å². The predicted octanol–water partition coefficient (Wildman–Crippen LogP) is 1.24. The molecule has 0 spiro atoms. The maximum Gasteiger partial charge on any atom is 0.273 e. The van der Waals surface area contributed by atoms with Crippen LogP contribution in [0.25, 0.3) is 0 Å². The second kappa shape index (κ2) is 10.2. The largest absolute Gasteiger partial charge is 0.314 e. The lowest BCUT2D eigenvalue weighted by Crippen LogP contribution is -2.46. The van der Waals surface area contributed by atoms with Crippen LogP contribution < -0.4 is 10.0 Å². The van der Waals surface area contributed by atoms with Crippen LogP contribution >= 0.6 is 24.8 Å². The van der Waals surface area contributed by atoms with Crippen LogP contribution in [-0.2, 0) is 10.0 Å². The minimum absolute atomic E-state index is 0. The van der Waals surface area contributed by atoms with E-state index in [4.69, 9.17) is 0 Å². The highest BCUT2D eigenvalue weighted by Crippen LogP contribution is 2.25. The third-order valence-corrected chi connectivity index (χ3v) is 5.51. The van der Waals surface area contributed by atoms with Crippen LogP contribution in [-0.4, -0.2) is 57.5 Å². The molecule has 0 aliphatic carbocycles. The summed E-state index contributed by atoms with van der Waals surface area (Å²) in [7, 11) is -3.76. The van der Waals surface area contributed by atoms with Crippen LogP contribution in [0.5, 0.6) is 0 Å². The Kier molecular flexibility index (Phi) is 9.85. The van der Waals surface area contributed by atoms with E-state index in [1.165, 1.54) is 6.07 Å². The van der Waals surface area contributed by atoms with Crippen LogP contribution in [0.3, 0.4) is 0 Å². The minimum atomic E-state index is -3.76.